The molecule has 0 radical (unpaired) electrons. The Morgan fingerprint density at radius 3 is 2.67 bits per heavy atom. The normalized spacial score (nSPS) is 27.9. The molecular weight excluding hydrogens is 278 g/mol. The minimum atomic E-state index is -0.874. The van der Waals surface area contributed by atoms with Crippen molar-refractivity contribution in [1.82, 2.24) is 4.90 Å². The molecule has 1 fully saturated rings. The molecule has 1 spiro atoms. The summed E-state index contributed by atoms with van der Waals surface area (Å²) in [5.41, 5.74) is 1.88. The molecule has 0 amide bonds. The maximum absolute atomic E-state index is 11.4. The second-order valence-electron chi connectivity index (χ2n) is 6.63. The van der Waals surface area contributed by atoms with Gasteiger partial charge >= 0.3 is 0 Å². The first kappa shape index (κ1) is 15.0. The first-order valence-corrected chi connectivity index (χ1v) is 9.52. The van der Waals surface area contributed by atoms with Crippen LogP contribution in [0.3, 0.4) is 0 Å². The Balaban J connectivity index is 1.64. The van der Waals surface area contributed by atoms with Crippen LogP contribution in [-0.2, 0) is 17.3 Å². The highest BCUT2D eigenvalue weighted by atomic mass is 32.2. The fraction of sp³-hybridized carbons (Fsp3) is 0.556. The van der Waals surface area contributed by atoms with Gasteiger partial charge in [0, 0.05) is 35.0 Å². The zero-order valence-electron chi connectivity index (χ0n) is 12.9. The second kappa shape index (κ2) is 6.45. The van der Waals surface area contributed by atoms with E-state index in [4.69, 9.17) is 0 Å². The van der Waals surface area contributed by atoms with Crippen molar-refractivity contribution in [2.45, 2.75) is 43.5 Å². The van der Waals surface area contributed by atoms with Gasteiger partial charge in [-0.2, -0.15) is 0 Å². The lowest BCUT2D eigenvalue weighted by atomic mass is 9.71. The van der Waals surface area contributed by atoms with E-state index in [1.807, 2.05) is 12.1 Å². The Morgan fingerprint density at radius 1 is 1.19 bits per heavy atom. The first-order chi connectivity index (χ1) is 10.2. The summed E-state index contributed by atoms with van der Waals surface area (Å²) in [6.45, 7) is 3.48. The third-order valence-electron chi connectivity index (χ3n) is 4.96. The van der Waals surface area contributed by atoms with Crippen molar-refractivity contribution in [3.8, 4) is 0 Å². The van der Waals surface area contributed by atoms with E-state index in [-0.39, 0.29) is 0 Å². The van der Waals surface area contributed by atoms with Crippen molar-refractivity contribution in [3.05, 3.63) is 42.0 Å². The van der Waals surface area contributed by atoms with Crippen LogP contribution in [0.5, 0.6) is 0 Å². The van der Waals surface area contributed by atoms with E-state index in [2.05, 4.69) is 29.2 Å². The van der Waals surface area contributed by atoms with Gasteiger partial charge in [0.1, 0.15) is 0 Å². The van der Waals surface area contributed by atoms with Gasteiger partial charge < -0.3 is 0 Å². The predicted octanol–water partition coefficient (Wildman–Crippen LogP) is 3.75. The zero-order chi connectivity index (χ0) is 14.7. The minimum absolute atomic E-state index is 0.540. The molecule has 2 nitrogen and oxygen atoms in total. The topological polar surface area (TPSA) is 20.3 Å². The summed E-state index contributed by atoms with van der Waals surface area (Å²) in [7, 11) is -0.874. The van der Waals surface area contributed by atoms with E-state index >= 15 is 0 Å². The lowest BCUT2D eigenvalue weighted by Gasteiger charge is -2.44. The number of allylic oxidation sites excluding steroid dienone is 2. The Hall–Kier alpha value is -0.930. The molecule has 1 aromatic carbocycles. The summed E-state index contributed by atoms with van der Waals surface area (Å²) in [6, 6.07) is 8.29. The van der Waals surface area contributed by atoms with Crippen LogP contribution < -0.4 is 0 Å². The van der Waals surface area contributed by atoms with E-state index in [9.17, 15) is 4.21 Å². The predicted molar refractivity (Wildman–Crippen MR) is 88.7 cm³/mol. The maximum atomic E-state index is 11.4. The van der Waals surface area contributed by atoms with Crippen LogP contribution in [-0.4, -0.2) is 28.5 Å². The van der Waals surface area contributed by atoms with E-state index in [1.54, 1.807) is 6.26 Å². The van der Waals surface area contributed by atoms with Crippen LogP contribution in [0, 0.1) is 5.41 Å². The molecule has 1 aromatic rings. The lowest BCUT2D eigenvalue weighted by molar-refractivity contribution is 0.0741. The molecule has 21 heavy (non-hydrogen) atoms. The SMILES string of the molecule is CS(=O)c1ccc(CN2CCCC3(CC=CCC3)C2)cc1. The molecule has 2 aliphatic rings. The highest BCUT2D eigenvalue weighted by Crippen LogP contribution is 2.41. The molecule has 0 N–H and O–H groups in total. The number of piperidine rings is 1. The van der Waals surface area contributed by atoms with Gasteiger partial charge in [-0.05, 0) is 61.8 Å². The van der Waals surface area contributed by atoms with Crippen molar-refractivity contribution < 1.29 is 4.21 Å². The lowest BCUT2D eigenvalue weighted by Crippen LogP contribution is -2.43. The van der Waals surface area contributed by atoms with Gasteiger partial charge in [0.25, 0.3) is 0 Å². The number of hydrogen-bond donors (Lipinski definition) is 0. The maximum Gasteiger partial charge on any atom is 0.0498 e. The standard InChI is InChI=1S/C18H25NOS/c1-21(20)17-8-6-16(7-9-17)14-19-13-5-12-18(15-19)10-3-2-4-11-18/h2-3,6-9H,4-5,10-15H2,1H3. The van der Waals surface area contributed by atoms with Gasteiger partial charge in [0.2, 0.25) is 0 Å². The molecule has 3 heteroatoms. The van der Waals surface area contributed by atoms with Crippen molar-refractivity contribution in [1.29, 1.82) is 0 Å². The quantitative estimate of drug-likeness (QED) is 0.793. The Labute approximate surface area is 130 Å². The fourth-order valence-corrected chi connectivity index (χ4v) is 4.32. The second-order valence-corrected chi connectivity index (χ2v) is 8.01. The monoisotopic (exact) mass is 303 g/mol. The molecule has 1 saturated heterocycles. The van der Waals surface area contributed by atoms with Crippen molar-refractivity contribution in [2.24, 2.45) is 5.41 Å². The molecule has 1 aliphatic carbocycles. The number of benzene rings is 1. The molecule has 2 unspecified atom stereocenters. The average Bonchev–Trinajstić information content (AvgIpc) is 2.49. The molecule has 1 heterocycles. The minimum Gasteiger partial charge on any atom is -0.299 e. The third kappa shape index (κ3) is 3.64. The van der Waals surface area contributed by atoms with E-state index in [0.29, 0.717) is 5.41 Å². The van der Waals surface area contributed by atoms with Gasteiger partial charge in [-0.1, -0.05) is 24.3 Å². The summed E-state index contributed by atoms with van der Waals surface area (Å²) in [4.78, 5) is 3.53. The van der Waals surface area contributed by atoms with E-state index in [1.165, 1.54) is 50.8 Å². The molecule has 0 aromatic heterocycles. The summed E-state index contributed by atoms with van der Waals surface area (Å²) < 4.78 is 11.4. The van der Waals surface area contributed by atoms with Crippen LogP contribution in [0.1, 0.15) is 37.7 Å². The van der Waals surface area contributed by atoms with Crippen LogP contribution in [0.15, 0.2) is 41.3 Å². The van der Waals surface area contributed by atoms with Crippen molar-refractivity contribution in [2.75, 3.05) is 19.3 Å². The number of likely N-dealkylation sites (tertiary alicyclic amines) is 1. The number of nitrogens with zero attached hydrogens (tertiary/aromatic N) is 1. The van der Waals surface area contributed by atoms with Crippen molar-refractivity contribution in [3.63, 3.8) is 0 Å². The van der Waals surface area contributed by atoms with Crippen LogP contribution in [0.2, 0.25) is 0 Å². The molecule has 0 saturated carbocycles. The van der Waals surface area contributed by atoms with Gasteiger partial charge in [0.15, 0.2) is 0 Å². The Kier molecular flexibility index (Phi) is 4.60. The summed E-state index contributed by atoms with van der Waals surface area (Å²) in [5.74, 6) is 0. The molecular formula is C18H25NOS. The highest BCUT2D eigenvalue weighted by Gasteiger charge is 2.34. The average molecular weight is 303 g/mol. The van der Waals surface area contributed by atoms with Crippen LogP contribution >= 0.6 is 0 Å². The van der Waals surface area contributed by atoms with Crippen LogP contribution in [0.4, 0.5) is 0 Å². The van der Waals surface area contributed by atoms with Gasteiger partial charge in [-0.25, -0.2) is 0 Å². The van der Waals surface area contributed by atoms with Gasteiger partial charge in [-0.15, -0.1) is 0 Å². The molecule has 2 atom stereocenters. The smallest absolute Gasteiger partial charge is 0.0498 e. The summed E-state index contributed by atoms with van der Waals surface area (Å²) in [5, 5.41) is 0. The van der Waals surface area contributed by atoms with Crippen LogP contribution in [0.25, 0.3) is 0 Å². The summed E-state index contributed by atoms with van der Waals surface area (Å²) >= 11 is 0. The highest BCUT2D eigenvalue weighted by molar-refractivity contribution is 7.84. The number of hydrogen-bond acceptors (Lipinski definition) is 2. The molecule has 114 valence electrons. The van der Waals surface area contributed by atoms with Gasteiger partial charge in [0.05, 0.1) is 0 Å². The first-order valence-electron chi connectivity index (χ1n) is 7.97. The molecule has 0 bridgehead atoms. The Bertz CT molecular complexity index is 537. The van der Waals surface area contributed by atoms with E-state index in [0.717, 1.165) is 11.4 Å². The largest absolute Gasteiger partial charge is 0.299 e. The fourth-order valence-electron chi connectivity index (χ4n) is 3.80. The molecule has 3 rings (SSSR count). The van der Waals surface area contributed by atoms with Crippen molar-refractivity contribution >= 4 is 10.8 Å². The third-order valence-corrected chi connectivity index (χ3v) is 5.90. The van der Waals surface area contributed by atoms with E-state index < -0.39 is 10.8 Å². The van der Waals surface area contributed by atoms with Gasteiger partial charge in [-0.3, -0.25) is 9.11 Å². The number of rotatable bonds is 3. The molecule has 1 aliphatic heterocycles. The summed E-state index contributed by atoms with van der Waals surface area (Å²) in [6.07, 6.45) is 13.1. The zero-order valence-corrected chi connectivity index (χ0v) is 13.7. The Morgan fingerprint density at radius 2 is 2.00 bits per heavy atom.